The maximum absolute atomic E-state index is 12.9. The van der Waals surface area contributed by atoms with Crippen molar-refractivity contribution in [1.29, 1.82) is 0 Å². The van der Waals surface area contributed by atoms with E-state index in [2.05, 4.69) is 20.8 Å². The van der Waals surface area contributed by atoms with Gasteiger partial charge in [-0.1, -0.05) is 13.0 Å². The van der Waals surface area contributed by atoms with Crippen molar-refractivity contribution in [3.63, 3.8) is 0 Å². The zero-order chi connectivity index (χ0) is 17.0. The molecule has 3 N–H and O–H groups in total. The molecule has 0 aliphatic heterocycles. The van der Waals surface area contributed by atoms with Gasteiger partial charge >= 0.3 is 0 Å². The number of benzene rings is 1. The largest absolute Gasteiger partial charge is 0.326 e. The van der Waals surface area contributed by atoms with Gasteiger partial charge in [0.05, 0.1) is 11.4 Å². The summed E-state index contributed by atoms with van der Waals surface area (Å²) >= 11 is 0. The second kappa shape index (κ2) is 6.99. The molecule has 0 unspecified atom stereocenters. The molecule has 1 aromatic carbocycles. The van der Waals surface area contributed by atoms with E-state index in [0.29, 0.717) is 17.8 Å². The van der Waals surface area contributed by atoms with Crippen LogP contribution in [-0.4, -0.2) is 22.0 Å². The number of anilines is 2. The smallest absolute Gasteiger partial charge is 0.284 e. The Morgan fingerprint density at radius 2 is 2.04 bits per heavy atom. The molecule has 1 heterocycles. The topological polar surface area (TPSA) is 86.9 Å². The van der Waals surface area contributed by atoms with Gasteiger partial charge < -0.3 is 10.6 Å². The molecule has 6 nitrogen and oxygen atoms in total. The van der Waals surface area contributed by atoms with Gasteiger partial charge in [-0.15, -0.1) is 0 Å². The van der Waals surface area contributed by atoms with Gasteiger partial charge in [-0.2, -0.15) is 5.10 Å². The number of amides is 2. The molecule has 8 heteroatoms. The molecule has 0 radical (unpaired) electrons. The van der Waals surface area contributed by atoms with Crippen LogP contribution in [0.3, 0.4) is 0 Å². The fraction of sp³-hybridized carbons (Fsp3) is 0.267. The number of hydrogen-bond acceptors (Lipinski definition) is 3. The van der Waals surface area contributed by atoms with Crippen LogP contribution >= 0.6 is 0 Å². The van der Waals surface area contributed by atoms with Gasteiger partial charge in [0.25, 0.3) is 12.3 Å². The molecule has 0 aliphatic rings. The van der Waals surface area contributed by atoms with Crippen molar-refractivity contribution < 1.29 is 18.4 Å². The average molecular weight is 322 g/mol. The van der Waals surface area contributed by atoms with E-state index in [1.165, 1.54) is 19.1 Å². The van der Waals surface area contributed by atoms with E-state index in [9.17, 15) is 18.4 Å². The normalized spacial score (nSPS) is 10.7. The number of nitrogens with zero attached hydrogens (tertiary/aromatic N) is 1. The Bertz CT molecular complexity index is 728. The van der Waals surface area contributed by atoms with Crippen LogP contribution < -0.4 is 10.6 Å². The lowest BCUT2D eigenvalue weighted by molar-refractivity contribution is -0.115. The summed E-state index contributed by atoms with van der Waals surface area (Å²) in [5.41, 5.74) is 0.491. The number of H-pyrrole nitrogens is 1. The number of aromatic amines is 1. The Hall–Kier alpha value is -2.77. The summed E-state index contributed by atoms with van der Waals surface area (Å²) < 4.78 is 25.7. The van der Waals surface area contributed by atoms with Crippen LogP contribution in [-0.2, 0) is 4.79 Å². The first-order valence-electron chi connectivity index (χ1n) is 6.96. The van der Waals surface area contributed by atoms with Gasteiger partial charge in [0.1, 0.15) is 0 Å². The minimum Gasteiger partial charge on any atom is -0.326 e. The van der Waals surface area contributed by atoms with Crippen molar-refractivity contribution in [1.82, 2.24) is 10.2 Å². The van der Waals surface area contributed by atoms with Gasteiger partial charge in [0.2, 0.25) is 5.91 Å². The minimum atomic E-state index is -2.80. The van der Waals surface area contributed by atoms with Gasteiger partial charge in [-0.3, -0.25) is 14.7 Å². The number of aromatic nitrogens is 2. The Labute approximate surface area is 131 Å². The fourth-order valence-electron chi connectivity index (χ4n) is 1.94. The predicted molar refractivity (Wildman–Crippen MR) is 81.6 cm³/mol. The molecule has 0 bridgehead atoms. The highest BCUT2D eigenvalue weighted by Crippen LogP contribution is 2.27. The highest BCUT2D eigenvalue weighted by molar-refractivity contribution is 6.05. The van der Waals surface area contributed by atoms with Gasteiger partial charge in [-0.25, -0.2) is 8.78 Å². The summed E-state index contributed by atoms with van der Waals surface area (Å²) in [4.78, 5) is 23.6. The average Bonchev–Trinajstić information content (AvgIpc) is 2.88. The molecular formula is C15H16F2N4O2. The van der Waals surface area contributed by atoms with Gasteiger partial charge in [0, 0.05) is 17.7 Å². The quantitative estimate of drug-likeness (QED) is 0.789. The summed E-state index contributed by atoms with van der Waals surface area (Å²) in [6, 6.07) is 6.23. The second-order valence-electron chi connectivity index (χ2n) is 4.85. The van der Waals surface area contributed by atoms with Gasteiger partial charge in [-0.05, 0) is 25.1 Å². The van der Waals surface area contributed by atoms with E-state index in [1.807, 2.05) is 0 Å². The Kier molecular flexibility index (Phi) is 5.05. The Morgan fingerprint density at radius 1 is 1.30 bits per heavy atom. The molecule has 23 heavy (non-hydrogen) atoms. The maximum Gasteiger partial charge on any atom is 0.284 e. The number of aryl methyl sites for hydroxylation is 1. The lowest BCUT2D eigenvalue weighted by atomic mass is 10.1. The fourth-order valence-corrected chi connectivity index (χ4v) is 1.94. The summed E-state index contributed by atoms with van der Waals surface area (Å²) in [6.07, 6.45) is -2.49. The van der Waals surface area contributed by atoms with Crippen molar-refractivity contribution in [2.75, 3.05) is 10.6 Å². The third kappa shape index (κ3) is 3.91. The van der Waals surface area contributed by atoms with Crippen molar-refractivity contribution in [2.24, 2.45) is 0 Å². The van der Waals surface area contributed by atoms with Gasteiger partial charge in [0.15, 0.2) is 5.69 Å². The van der Waals surface area contributed by atoms with Crippen molar-refractivity contribution in [2.45, 2.75) is 26.7 Å². The maximum atomic E-state index is 12.9. The number of alkyl halides is 2. The van der Waals surface area contributed by atoms with E-state index in [4.69, 9.17) is 0 Å². The van der Waals surface area contributed by atoms with Crippen molar-refractivity contribution >= 4 is 23.2 Å². The summed E-state index contributed by atoms with van der Waals surface area (Å²) in [7, 11) is 0. The predicted octanol–water partition coefficient (Wildman–Crippen LogP) is 3.26. The molecule has 2 amide bonds. The number of carbonyl (C=O) groups excluding carboxylic acids is 2. The van der Waals surface area contributed by atoms with Crippen LogP contribution in [0.25, 0.3) is 0 Å². The molecule has 0 spiro atoms. The highest BCUT2D eigenvalue weighted by atomic mass is 19.3. The Balaban J connectivity index is 2.20. The van der Waals surface area contributed by atoms with Crippen LogP contribution in [0.2, 0.25) is 0 Å². The summed E-state index contributed by atoms with van der Waals surface area (Å²) in [6.45, 7) is 3.24. The molecule has 122 valence electrons. The molecule has 1 aromatic heterocycles. The first kappa shape index (κ1) is 16.6. The molecule has 0 saturated heterocycles. The first-order chi connectivity index (χ1) is 10.9. The summed E-state index contributed by atoms with van der Waals surface area (Å²) in [5, 5.41) is 11.0. The summed E-state index contributed by atoms with van der Waals surface area (Å²) in [5.74, 6) is -0.753. The van der Waals surface area contributed by atoms with E-state index < -0.39 is 18.0 Å². The van der Waals surface area contributed by atoms with Crippen LogP contribution in [0, 0.1) is 6.92 Å². The molecule has 0 aliphatic carbocycles. The third-order valence-corrected chi connectivity index (χ3v) is 3.15. The van der Waals surface area contributed by atoms with Crippen molar-refractivity contribution in [3.8, 4) is 0 Å². The lowest BCUT2D eigenvalue weighted by Gasteiger charge is -2.08. The highest BCUT2D eigenvalue weighted by Gasteiger charge is 2.21. The zero-order valence-electron chi connectivity index (χ0n) is 12.6. The molecule has 2 rings (SSSR count). The lowest BCUT2D eigenvalue weighted by Crippen LogP contribution is -2.15. The SMILES string of the molecule is CCC(=O)Nc1cccc(C(=O)Nc2c(C(F)F)n[nH]c2C)c1. The molecular weight excluding hydrogens is 306 g/mol. The zero-order valence-corrected chi connectivity index (χ0v) is 12.6. The third-order valence-electron chi connectivity index (χ3n) is 3.15. The number of rotatable bonds is 5. The van der Waals surface area contributed by atoms with E-state index >= 15 is 0 Å². The van der Waals surface area contributed by atoms with E-state index in [-0.39, 0.29) is 17.2 Å². The first-order valence-corrected chi connectivity index (χ1v) is 6.96. The molecule has 0 atom stereocenters. The standard InChI is InChI=1S/C15H16F2N4O2/c1-3-11(22)18-10-6-4-5-9(7-10)15(23)19-12-8(2)20-21-13(12)14(16)17/h4-7,14H,3H2,1-2H3,(H,18,22)(H,19,23)(H,20,21). The monoisotopic (exact) mass is 322 g/mol. The van der Waals surface area contributed by atoms with E-state index in [1.54, 1.807) is 19.1 Å². The van der Waals surface area contributed by atoms with Crippen LogP contribution in [0.1, 0.15) is 41.5 Å². The molecule has 0 saturated carbocycles. The number of hydrogen-bond donors (Lipinski definition) is 3. The van der Waals surface area contributed by atoms with Crippen LogP contribution in [0.4, 0.5) is 20.2 Å². The number of nitrogens with one attached hydrogen (secondary N) is 3. The second-order valence-corrected chi connectivity index (χ2v) is 4.85. The Morgan fingerprint density at radius 3 is 2.70 bits per heavy atom. The minimum absolute atomic E-state index is 0.0343. The van der Waals surface area contributed by atoms with Crippen LogP contribution in [0.5, 0.6) is 0 Å². The van der Waals surface area contributed by atoms with Crippen molar-refractivity contribution in [3.05, 3.63) is 41.2 Å². The molecule has 2 aromatic rings. The van der Waals surface area contributed by atoms with E-state index in [0.717, 1.165) is 0 Å². The molecule has 0 fully saturated rings. The number of carbonyl (C=O) groups is 2. The van der Waals surface area contributed by atoms with Crippen LogP contribution in [0.15, 0.2) is 24.3 Å². The number of halogens is 2.